The molecular formula is C19H24N6O. The average molecular weight is 352 g/mol. The maximum Gasteiger partial charge on any atom is 0.275 e. The minimum Gasteiger partial charge on any atom is -0.378 e. The summed E-state index contributed by atoms with van der Waals surface area (Å²) in [5.41, 5.74) is 2.00. The lowest BCUT2D eigenvalue weighted by molar-refractivity contribution is 0.510. The lowest BCUT2D eigenvalue weighted by Gasteiger charge is -2.17. The molecule has 7 heteroatoms. The van der Waals surface area contributed by atoms with Gasteiger partial charge in [-0.2, -0.15) is 10.2 Å². The minimum atomic E-state index is -0.0764. The van der Waals surface area contributed by atoms with Crippen molar-refractivity contribution >= 4 is 28.1 Å². The van der Waals surface area contributed by atoms with Crippen molar-refractivity contribution in [2.45, 2.75) is 38.6 Å². The molecule has 3 aromatic rings. The van der Waals surface area contributed by atoms with Crippen LogP contribution in [0.25, 0.3) is 10.8 Å². The van der Waals surface area contributed by atoms with Crippen LogP contribution < -0.4 is 15.8 Å². The zero-order valence-electron chi connectivity index (χ0n) is 15.6. The Morgan fingerprint density at radius 2 is 2.00 bits per heavy atom. The highest BCUT2D eigenvalue weighted by Crippen LogP contribution is 2.39. The van der Waals surface area contributed by atoms with E-state index in [1.54, 1.807) is 0 Å². The third kappa shape index (κ3) is 2.94. The van der Waals surface area contributed by atoms with Gasteiger partial charge in [0.25, 0.3) is 5.56 Å². The van der Waals surface area contributed by atoms with Crippen molar-refractivity contribution in [3.8, 4) is 0 Å². The van der Waals surface area contributed by atoms with Gasteiger partial charge in [-0.15, -0.1) is 0 Å². The fourth-order valence-electron chi connectivity index (χ4n) is 3.08. The Hall–Kier alpha value is -2.83. The highest BCUT2D eigenvalue weighted by atomic mass is 16.1. The van der Waals surface area contributed by atoms with Crippen molar-refractivity contribution < 1.29 is 0 Å². The number of H-pyrrole nitrogens is 1. The number of aromatic amines is 1. The van der Waals surface area contributed by atoms with Crippen molar-refractivity contribution in [3.63, 3.8) is 0 Å². The van der Waals surface area contributed by atoms with Gasteiger partial charge in [0.05, 0.1) is 17.1 Å². The number of rotatable bonds is 5. The van der Waals surface area contributed by atoms with E-state index in [0.29, 0.717) is 17.1 Å². The van der Waals surface area contributed by atoms with E-state index in [-0.39, 0.29) is 11.6 Å². The summed E-state index contributed by atoms with van der Waals surface area (Å²) in [7, 11) is 3.93. The van der Waals surface area contributed by atoms with Gasteiger partial charge in [0.15, 0.2) is 5.82 Å². The molecule has 0 saturated heterocycles. The van der Waals surface area contributed by atoms with Crippen LogP contribution in [0.1, 0.15) is 44.3 Å². The first kappa shape index (κ1) is 16.6. The Morgan fingerprint density at radius 3 is 2.65 bits per heavy atom. The largest absolute Gasteiger partial charge is 0.378 e. The van der Waals surface area contributed by atoms with Gasteiger partial charge >= 0.3 is 0 Å². The normalized spacial score (nSPS) is 14.2. The van der Waals surface area contributed by atoms with Crippen LogP contribution in [-0.4, -0.2) is 34.1 Å². The van der Waals surface area contributed by atoms with Crippen molar-refractivity contribution in [1.82, 2.24) is 20.0 Å². The second kappa shape index (κ2) is 6.16. The monoisotopic (exact) mass is 352 g/mol. The average Bonchev–Trinajstić information content (AvgIpc) is 3.36. The first-order valence-electron chi connectivity index (χ1n) is 9.00. The van der Waals surface area contributed by atoms with Crippen molar-refractivity contribution in [3.05, 3.63) is 40.3 Å². The van der Waals surface area contributed by atoms with Gasteiger partial charge in [0.1, 0.15) is 5.82 Å². The van der Waals surface area contributed by atoms with Crippen LogP contribution in [0.2, 0.25) is 0 Å². The fraction of sp³-hybridized carbons (Fsp3) is 0.421. The standard InChI is InChI=1S/C19H24N6O/c1-11(2)25-19(26)15-9-13(24(3)4)7-8-14(15)18(23-25)20-17-10-16(21-22-17)12-5-6-12/h7-12H,5-6H2,1-4H3,(H2,20,21,22,23). The highest BCUT2D eigenvalue weighted by Gasteiger charge is 2.26. The summed E-state index contributed by atoms with van der Waals surface area (Å²) >= 11 is 0. The number of aromatic nitrogens is 4. The van der Waals surface area contributed by atoms with E-state index < -0.39 is 0 Å². The number of benzene rings is 1. The van der Waals surface area contributed by atoms with E-state index in [1.807, 2.05) is 57.1 Å². The van der Waals surface area contributed by atoms with Gasteiger partial charge in [-0.3, -0.25) is 9.89 Å². The SMILES string of the molecule is CC(C)n1nc(Nc2cc(C3CC3)n[nH]2)c2ccc(N(C)C)cc2c1=O. The third-order valence-electron chi connectivity index (χ3n) is 4.76. The van der Waals surface area contributed by atoms with Gasteiger partial charge in [-0.05, 0) is 44.9 Å². The molecule has 1 fully saturated rings. The second-order valence-electron chi connectivity index (χ2n) is 7.42. The third-order valence-corrected chi connectivity index (χ3v) is 4.76. The van der Waals surface area contributed by atoms with E-state index >= 15 is 0 Å². The first-order valence-corrected chi connectivity index (χ1v) is 9.00. The summed E-state index contributed by atoms with van der Waals surface area (Å²) in [5.74, 6) is 2.04. The summed E-state index contributed by atoms with van der Waals surface area (Å²) in [5, 5.41) is 16.8. The van der Waals surface area contributed by atoms with E-state index in [9.17, 15) is 4.79 Å². The van der Waals surface area contributed by atoms with Gasteiger partial charge in [-0.25, -0.2) is 4.68 Å². The maximum atomic E-state index is 12.9. The zero-order chi connectivity index (χ0) is 18.4. The molecule has 0 radical (unpaired) electrons. The predicted octanol–water partition coefficient (Wildman–Crippen LogP) is 3.39. The molecule has 7 nitrogen and oxygen atoms in total. The maximum absolute atomic E-state index is 12.9. The van der Waals surface area contributed by atoms with Crippen molar-refractivity contribution in [1.29, 1.82) is 0 Å². The molecule has 0 unspecified atom stereocenters. The molecule has 1 aliphatic rings. The quantitative estimate of drug-likeness (QED) is 0.736. The molecule has 1 saturated carbocycles. The first-order chi connectivity index (χ1) is 12.4. The van der Waals surface area contributed by atoms with Crippen LogP contribution in [0.5, 0.6) is 0 Å². The molecule has 136 valence electrons. The molecule has 0 aliphatic heterocycles. The van der Waals surface area contributed by atoms with Crippen molar-refractivity contribution in [2.75, 3.05) is 24.3 Å². The van der Waals surface area contributed by atoms with E-state index in [4.69, 9.17) is 0 Å². The topological polar surface area (TPSA) is 78.8 Å². The molecule has 0 bridgehead atoms. The summed E-state index contributed by atoms with van der Waals surface area (Å²) in [4.78, 5) is 14.9. The number of nitrogens with one attached hydrogen (secondary N) is 2. The van der Waals surface area contributed by atoms with Gasteiger partial charge in [0.2, 0.25) is 0 Å². The van der Waals surface area contributed by atoms with E-state index in [2.05, 4.69) is 20.6 Å². The lowest BCUT2D eigenvalue weighted by atomic mass is 10.1. The Kier molecular flexibility index (Phi) is 3.94. The number of hydrogen-bond donors (Lipinski definition) is 2. The van der Waals surface area contributed by atoms with Crippen LogP contribution >= 0.6 is 0 Å². The molecule has 0 amide bonds. The molecule has 1 aliphatic carbocycles. The predicted molar refractivity (Wildman–Crippen MR) is 105 cm³/mol. The molecule has 1 aromatic carbocycles. The minimum absolute atomic E-state index is 0.0285. The molecule has 2 N–H and O–H groups in total. The molecular weight excluding hydrogens is 328 g/mol. The van der Waals surface area contributed by atoms with Crippen LogP contribution in [0.15, 0.2) is 29.1 Å². The van der Waals surface area contributed by atoms with Crippen LogP contribution in [0.3, 0.4) is 0 Å². The Morgan fingerprint density at radius 1 is 1.23 bits per heavy atom. The summed E-state index contributed by atoms with van der Waals surface area (Å²) in [6, 6.07) is 7.87. The summed E-state index contributed by atoms with van der Waals surface area (Å²) in [6.45, 7) is 3.92. The zero-order valence-corrected chi connectivity index (χ0v) is 15.6. The number of anilines is 3. The van der Waals surface area contributed by atoms with E-state index in [0.717, 1.165) is 22.6 Å². The lowest BCUT2D eigenvalue weighted by Crippen LogP contribution is -2.26. The Labute approximate surface area is 152 Å². The highest BCUT2D eigenvalue weighted by molar-refractivity contribution is 5.94. The molecule has 4 rings (SSSR count). The molecule has 26 heavy (non-hydrogen) atoms. The Bertz CT molecular complexity index is 1010. The van der Waals surface area contributed by atoms with Crippen LogP contribution in [0.4, 0.5) is 17.3 Å². The second-order valence-corrected chi connectivity index (χ2v) is 7.42. The van der Waals surface area contributed by atoms with Gasteiger partial charge < -0.3 is 10.2 Å². The molecule has 0 spiro atoms. The smallest absolute Gasteiger partial charge is 0.275 e. The summed E-state index contributed by atoms with van der Waals surface area (Å²) in [6.07, 6.45) is 2.41. The van der Waals surface area contributed by atoms with Crippen LogP contribution in [0, 0.1) is 0 Å². The molecule has 2 heterocycles. The van der Waals surface area contributed by atoms with Gasteiger partial charge in [-0.1, -0.05) is 0 Å². The van der Waals surface area contributed by atoms with Crippen LogP contribution in [-0.2, 0) is 0 Å². The number of nitrogens with zero attached hydrogens (tertiary/aromatic N) is 4. The van der Waals surface area contributed by atoms with Gasteiger partial charge in [0, 0.05) is 37.2 Å². The fourth-order valence-corrected chi connectivity index (χ4v) is 3.08. The molecule has 0 atom stereocenters. The molecule has 2 aromatic heterocycles. The van der Waals surface area contributed by atoms with E-state index in [1.165, 1.54) is 17.5 Å². The number of hydrogen-bond acceptors (Lipinski definition) is 5. The Balaban J connectivity index is 1.83. The van der Waals surface area contributed by atoms with Crippen molar-refractivity contribution in [2.24, 2.45) is 0 Å². The summed E-state index contributed by atoms with van der Waals surface area (Å²) < 4.78 is 1.53. The number of fused-ring (bicyclic) bond motifs is 1.